The predicted octanol–water partition coefficient (Wildman–Crippen LogP) is 3.89. The number of nitrogens with one attached hydrogen (secondary N) is 1. The van der Waals surface area contributed by atoms with Crippen LogP contribution in [0.1, 0.15) is 34.1 Å². The third-order valence-corrected chi connectivity index (χ3v) is 3.23. The van der Waals surface area contributed by atoms with Crippen molar-refractivity contribution in [3.8, 4) is 5.75 Å². The van der Waals surface area contributed by atoms with E-state index < -0.39 is 0 Å². The predicted molar refractivity (Wildman–Crippen MR) is 73.9 cm³/mol. The maximum absolute atomic E-state index is 6.04. The summed E-state index contributed by atoms with van der Waals surface area (Å²) in [5.74, 6) is 0.748. The van der Waals surface area contributed by atoms with Crippen LogP contribution in [0.25, 0.3) is 0 Å². The molecule has 0 aromatic heterocycles. The maximum Gasteiger partial charge on any atom is 0.138 e. The van der Waals surface area contributed by atoms with Gasteiger partial charge in [-0.3, -0.25) is 0 Å². The fourth-order valence-corrected chi connectivity index (χ4v) is 1.52. The molecule has 0 aliphatic carbocycles. The van der Waals surface area contributed by atoms with Gasteiger partial charge in [-0.1, -0.05) is 30.7 Å². The molecule has 1 aromatic carbocycles. The Morgan fingerprint density at radius 1 is 1.35 bits per heavy atom. The number of benzene rings is 1. The van der Waals surface area contributed by atoms with E-state index in [0.29, 0.717) is 5.02 Å². The molecule has 96 valence electrons. The molecule has 2 nitrogen and oxygen atoms in total. The largest absolute Gasteiger partial charge is 0.488 e. The minimum atomic E-state index is 0.0979. The van der Waals surface area contributed by atoms with Gasteiger partial charge in [-0.15, -0.1) is 0 Å². The molecule has 0 saturated carbocycles. The third-order valence-electron chi connectivity index (χ3n) is 2.92. The number of hydrogen-bond donors (Lipinski definition) is 1. The first kappa shape index (κ1) is 14.3. The fourth-order valence-electron chi connectivity index (χ4n) is 1.34. The third kappa shape index (κ3) is 4.97. The molecule has 0 radical (unpaired) electrons. The van der Waals surface area contributed by atoms with Crippen LogP contribution < -0.4 is 10.1 Å². The summed E-state index contributed by atoms with van der Waals surface area (Å²) in [6.45, 7) is 9.41. The summed E-state index contributed by atoms with van der Waals surface area (Å²) in [5.41, 5.74) is 0.151. The highest BCUT2D eigenvalue weighted by atomic mass is 35.5. The van der Waals surface area contributed by atoms with Gasteiger partial charge < -0.3 is 10.1 Å². The number of halogens is 1. The Balaban J connectivity index is 2.45. The maximum atomic E-state index is 6.04. The molecule has 17 heavy (non-hydrogen) atoms. The van der Waals surface area contributed by atoms with Gasteiger partial charge in [-0.2, -0.15) is 0 Å². The summed E-state index contributed by atoms with van der Waals surface area (Å²) >= 11 is 6.04. The summed E-state index contributed by atoms with van der Waals surface area (Å²) in [4.78, 5) is 0. The fraction of sp³-hybridized carbons (Fsp3) is 0.571. The monoisotopic (exact) mass is 255 g/mol. The van der Waals surface area contributed by atoms with E-state index in [9.17, 15) is 0 Å². The van der Waals surface area contributed by atoms with Crippen LogP contribution in [-0.4, -0.2) is 18.2 Å². The normalized spacial score (nSPS) is 13.5. The standard InChI is InChI=1S/C14H22ClNO/c1-5-14(3,4)16-10-11(2)17-13-9-7-6-8-12(13)15/h6-9,11,16H,5,10H2,1-4H3. The summed E-state index contributed by atoms with van der Waals surface area (Å²) in [6, 6.07) is 7.56. The lowest BCUT2D eigenvalue weighted by molar-refractivity contribution is 0.199. The van der Waals surface area contributed by atoms with Crippen molar-refractivity contribution in [2.24, 2.45) is 0 Å². The van der Waals surface area contributed by atoms with Crippen LogP contribution >= 0.6 is 11.6 Å². The first-order valence-corrected chi connectivity index (χ1v) is 6.48. The van der Waals surface area contributed by atoms with E-state index >= 15 is 0 Å². The van der Waals surface area contributed by atoms with E-state index in [0.717, 1.165) is 18.7 Å². The highest BCUT2D eigenvalue weighted by Crippen LogP contribution is 2.24. The van der Waals surface area contributed by atoms with Gasteiger partial charge in [0.2, 0.25) is 0 Å². The first-order chi connectivity index (χ1) is 7.94. The van der Waals surface area contributed by atoms with Crippen molar-refractivity contribution in [3.05, 3.63) is 29.3 Å². The number of hydrogen-bond acceptors (Lipinski definition) is 2. The topological polar surface area (TPSA) is 21.3 Å². The molecule has 0 saturated heterocycles. The van der Waals surface area contributed by atoms with Crippen molar-refractivity contribution in [2.45, 2.75) is 45.8 Å². The summed E-state index contributed by atoms with van der Waals surface area (Å²) in [6.07, 6.45) is 1.19. The highest BCUT2D eigenvalue weighted by Gasteiger charge is 2.16. The molecule has 0 heterocycles. The Bertz CT molecular complexity index is 352. The Morgan fingerprint density at radius 3 is 2.59 bits per heavy atom. The van der Waals surface area contributed by atoms with E-state index in [-0.39, 0.29) is 11.6 Å². The first-order valence-electron chi connectivity index (χ1n) is 6.11. The molecule has 0 aliphatic heterocycles. The molecular weight excluding hydrogens is 234 g/mol. The van der Waals surface area contributed by atoms with Crippen molar-refractivity contribution in [2.75, 3.05) is 6.54 Å². The average molecular weight is 256 g/mol. The van der Waals surface area contributed by atoms with E-state index in [1.54, 1.807) is 0 Å². The van der Waals surface area contributed by atoms with Gasteiger partial charge in [0.25, 0.3) is 0 Å². The molecule has 1 N–H and O–H groups in total. The van der Waals surface area contributed by atoms with Crippen molar-refractivity contribution >= 4 is 11.6 Å². The molecule has 0 spiro atoms. The molecule has 1 aromatic rings. The van der Waals surface area contributed by atoms with Crippen molar-refractivity contribution in [1.29, 1.82) is 0 Å². The molecule has 1 unspecified atom stereocenters. The van der Waals surface area contributed by atoms with Crippen molar-refractivity contribution in [3.63, 3.8) is 0 Å². The molecule has 0 aliphatic rings. The quantitative estimate of drug-likeness (QED) is 0.833. The van der Waals surface area contributed by atoms with Gasteiger partial charge >= 0.3 is 0 Å². The molecule has 0 bridgehead atoms. The number of para-hydroxylation sites is 1. The van der Waals surface area contributed by atoms with E-state index in [4.69, 9.17) is 16.3 Å². The SMILES string of the molecule is CCC(C)(C)NCC(C)Oc1ccccc1Cl. The zero-order valence-electron chi connectivity index (χ0n) is 11.1. The van der Waals surface area contributed by atoms with Crippen LogP contribution in [0.15, 0.2) is 24.3 Å². The summed E-state index contributed by atoms with van der Waals surface area (Å²) in [7, 11) is 0. The lowest BCUT2D eigenvalue weighted by atomic mass is 10.0. The van der Waals surface area contributed by atoms with Crippen LogP contribution in [-0.2, 0) is 0 Å². The van der Waals surface area contributed by atoms with Crippen molar-refractivity contribution < 1.29 is 4.74 Å². The van der Waals surface area contributed by atoms with Crippen LogP contribution in [0, 0.1) is 0 Å². The molecule has 0 amide bonds. The van der Waals surface area contributed by atoms with E-state index in [1.165, 1.54) is 0 Å². The zero-order valence-corrected chi connectivity index (χ0v) is 11.8. The van der Waals surface area contributed by atoms with Gasteiger partial charge in [0.1, 0.15) is 11.9 Å². The minimum Gasteiger partial charge on any atom is -0.488 e. The summed E-state index contributed by atoms with van der Waals surface area (Å²) < 4.78 is 5.79. The van der Waals surface area contributed by atoms with Gasteiger partial charge in [0.15, 0.2) is 0 Å². The van der Waals surface area contributed by atoms with Crippen LogP contribution in [0.2, 0.25) is 5.02 Å². The Labute approximate surface area is 109 Å². The summed E-state index contributed by atoms with van der Waals surface area (Å²) in [5, 5.41) is 4.14. The minimum absolute atomic E-state index is 0.0979. The molecule has 3 heteroatoms. The van der Waals surface area contributed by atoms with Gasteiger partial charge in [0.05, 0.1) is 5.02 Å². The van der Waals surface area contributed by atoms with E-state index in [1.807, 2.05) is 31.2 Å². The number of ether oxygens (including phenoxy) is 1. The highest BCUT2D eigenvalue weighted by molar-refractivity contribution is 6.32. The van der Waals surface area contributed by atoms with Gasteiger partial charge in [0, 0.05) is 12.1 Å². The van der Waals surface area contributed by atoms with Crippen LogP contribution in [0.5, 0.6) is 5.75 Å². The second-order valence-corrected chi connectivity index (χ2v) is 5.38. The van der Waals surface area contributed by atoms with Gasteiger partial charge in [-0.05, 0) is 39.3 Å². The second kappa shape index (κ2) is 6.27. The van der Waals surface area contributed by atoms with Crippen molar-refractivity contribution in [1.82, 2.24) is 5.32 Å². The molecule has 1 atom stereocenters. The van der Waals surface area contributed by atoms with Gasteiger partial charge in [-0.25, -0.2) is 0 Å². The lowest BCUT2D eigenvalue weighted by Gasteiger charge is -2.27. The molecule has 1 rings (SSSR count). The zero-order chi connectivity index (χ0) is 12.9. The Kier molecular flexibility index (Phi) is 5.29. The van der Waals surface area contributed by atoms with Crippen LogP contribution in [0.3, 0.4) is 0 Å². The Hall–Kier alpha value is -0.730. The Morgan fingerprint density at radius 2 is 2.00 bits per heavy atom. The molecular formula is C14H22ClNO. The van der Waals surface area contributed by atoms with Crippen LogP contribution in [0.4, 0.5) is 0 Å². The lowest BCUT2D eigenvalue weighted by Crippen LogP contribution is -2.43. The number of rotatable bonds is 6. The average Bonchev–Trinajstić information content (AvgIpc) is 2.30. The smallest absolute Gasteiger partial charge is 0.138 e. The second-order valence-electron chi connectivity index (χ2n) is 4.98. The molecule has 0 fully saturated rings. The van der Waals surface area contributed by atoms with E-state index in [2.05, 4.69) is 26.1 Å².